The number of anilines is 1. The van der Waals surface area contributed by atoms with Crippen LogP contribution in [0.5, 0.6) is 0 Å². The number of benzene rings is 1. The van der Waals surface area contributed by atoms with Crippen molar-refractivity contribution in [1.29, 1.82) is 0 Å². The fourth-order valence-electron chi connectivity index (χ4n) is 2.45. The zero-order valence-corrected chi connectivity index (χ0v) is 12.2. The van der Waals surface area contributed by atoms with Gasteiger partial charge in [0.15, 0.2) is 0 Å². The number of aryl methyl sites for hydroxylation is 1. The van der Waals surface area contributed by atoms with Crippen LogP contribution in [0, 0.1) is 6.92 Å². The Morgan fingerprint density at radius 3 is 2.52 bits per heavy atom. The average molecular weight is 291 g/mol. The quantitative estimate of drug-likeness (QED) is 0.802. The van der Waals surface area contributed by atoms with Gasteiger partial charge in [-0.3, -0.25) is 14.5 Å². The molecule has 0 bridgehead atoms. The van der Waals surface area contributed by atoms with E-state index in [1.165, 1.54) is 0 Å². The summed E-state index contributed by atoms with van der Waals surface area (Å²) in [4.78, 5) is 26.9. The Kier molecular flexibility index (Phi) is 4.80. The summed E-state index contributed by atoms with van der Waals surface area (Å²) < 4.78 is 0. The number of carboxylic acid groups (broad SMARTS) is 1. The van der Waals surface area contributed by atoms with Crippen LogP contribution in [0.3, 0.4) is 0 Å². The molecule has 1 aromatic carbocycles. The number of hydrogen-bond donors (Lipinski definition) is 2. The standard InChI is InChI=1S/C15H21N3O3/c1-11-2-3-13(16)12(10-11)15(21)18-8-6-17(7-9-18)5-4-14(19)20/h2-3,10H,4-9,16H2,1H3,(H,19,20). The molecule has 0 saturated carbocycles. The number of carbonyl (C=O) groups is 2. The van der Waals surface area contributed by atoms with E-state index < -0.39 is 5.97 Å². The third-order valence-corrected chi connectivity index (χ3v) is 3.74. The smallest absolute Gasteiger partial charge is 0.304 e. The van der Waals surface area contributed by atoms with Gasteiger partial charge in [-0.05, 0) is 19.1 Å². The van der Waals surface area contributed by atoms with Crippen LogP contribution in [-0.4, -0.2) is 59.5 Å². The van der Waals surface area contributed by atoms with E-state index in [2.05, 4.69) is 4.90 Å². The molecule has 1 amide bonds. The van der Waals surface area contributed by atoms with Crippen LogP contribution in [0.25, 0.3) is 0 Å². The Morgan fingerprint density at radius 1 is 1.24 bits per heavy atom. The second-order valence-electron chi connectivity index (χ2n) is 5.37. The maximum Gasteiger partial charge on any atom is 0.304 e. The van der Waals surface area contributed by atoms with Crippen molar-refractivity contribution in [3.8, 4) is 0 Å². The molecule has 1 fully saturated rings. The second-order valence-corrected chi connectivity index (χ2v) is 5.37. The minimum atomic E-state index is -0.791. The Hall–Kier alpha value is -2.08. The molecule has 21 heavy (non-hydrogen) atoms. The van der Waals surface area contributed by atoms with Gasteiger partial charge in [-0.15, -0.1) is 0 Å². The third-order valence-electron chi connectivity index (χ3n) is 3.74. The van der Waals surface area contributed by atoms with Gasteiger partial charge in [-0.25, -0.2) is 0 Å². The molecule has 0 spiro atoms. The number of amides is 1. The van der Waals surface area contributed by atoms with Crippen LogP contribution >= 0.6 is 0 Å². The van der Waals surface area contributed by atoms with Crippen molar-refractivity contribution in [2.45, 2.75) is 13.3 Å². The predicted molar refractivity (Wildman–Crippen MR) is 80.2 cm³/mol. The minimum Gasteiger partial charge on any atom is -0.481 e. The highest BCUT2D eigenvalue weighted by Crippen LogP contribution is 2.17. The summed E-state index contributed by atoms with van der Waals surface area (Å²) in [7, 11) is 0. The molecular weight excluding hydrogens is 270 g/mol. The molecule has 3 N–H and O–H groups in total. The van der Waals surface area contributed by atoms with Crippen molar-refractivity contribution in [2.75, 3.05) is 38.5 Å². The molecule has 114 valence electrons. The largest absolute Gasteiger partial charge is 0.481 e. The summed E-state index contributed by atoms with van der Waals surface area (Å²) in [6.07, 6.45) is 0.138. The third kappa shape index (κ3) is 3.95. The molecule has 0 unspecified atom stereocenters. The molecule has 1 heterocycles. The molecule has 2 rings (SSSR count). The second kappa shape index (κ2) is 6.58. The van der Waals surface area contributed by atoms with Crippen molar-refractivity contribution in [1.82, 2.24) is 9.80 Å². The number of rotatable bonds is 4. The van der Waals surface area contributed by atoms with Gasteiger partial charge in [-0.1, -0.05) is 11.6 Å². The normalized spacial score (nSPS) is 16.0. The van der Waals surface area contributed by atoms with Gasteiger partial charge in [0.25, 0.3) is 5.91 Å². The first kappa shape index (κ1) is 15.3. The number of piperazine rings is 1. The lowest BCUT2D eigenvalue weighted by molar-refractivity contribution is -0.137. The van der Waals surface area contributed by atoms with E-state index in [0.717, 1.165) is 5.56 Å². The predicted octanol–water partition coefficient (Wildman–Crippen LogP) is 0.810. The first-order valence-corrected chi connectivity index (χ1v) is 7.07. The van der Waals surface area contributed by atoms with Crippen molar-refractivity contribution in [3.05, 3.63) is 29.3 Å². The molecule has 0 atom stereocenters. The monoisotopic (exact) mass is 291 g/mol. The van der Waals surface area contributed by atoms with E-state index in [1.807, 2.05) is 19.1 Å². The molecule has 0 radical (unpaired) electrons. The molecule has 1 saturated heterocycles. The number of carboxylic acids is 1. The Labute approximate surface area is 124 Å². The summed E-state index contributed by atoms with van der Waals surface area (Å²) in [5.41, 5.74) is 7.94. The van der Waals surface area contributed by atoms with Gasteiger partial charge < -0.3 is 15.7 Å². The molecule has 1 aliphatic rings. The first-order valence-electron chi connectivity index (χ1n) is 7.07. The van der Waals surface area contributed by atoms with E-state index >= 15 is 0 Å². The molecular formula is C15H21N3O3. The zero-order valence-electron chi connectivity index (χ0n) is 12.2. The molecule has 6 nitrogen and oxygen atoms in total. The number of nitrogens with two attached hydrogens (primary N) is 1. The van der Waals surface area contributed by atoms with E-state index in [1.54, 1.807) is 11.0 Å². The van der Waals surface area contributed by atoms with E-state index in [0.29, 0.717) is 44.0 Å². The highest BCUT2D eigenvalue weighted by molar-refractivity contribution is 5.99. The van der Waals surface area contributed by atoms with Gasteiger partial charge >= 0.3 is 5.97 Å². The molecule has 1 aliphatic heterocycles. The Balaban J connectivity index is 1.94. The number of carbonyl (C=O) groups excluding carboxylic acids is 1. The van der Waals surface area contributed by atoms with Crippen LogP contribution in [0.15, 0.2) is 18.2 Å². The van der Waals surface area contributed by atoms with Crippen molar-refractivity contribution >= 4 is 17.6 Å². The molecule has 0 aliphatic carbocycles. The van der Waals surface area contributed by atoms with E-state index in [9.17, 15) is 9.59 Å². The number of aliphatic carboxylic acids is 1. The lowest BCUT2D eigenvalue weighted by atomic mass is 10.1. The SMILES string of the molecule is Cc1ccc(N)c(C(=O)N2CCN(CCC(=O)O)CC2)c1. The lowest BCUT2D eigenvalue weighted by Crippen LogP contribution is -2.49. The minimum absolute atomic E-state index is 0.0471. The zero-order chi connectivity index (χ0) is 15.4. The fraction of sp³-hybridized carbons (Fsp3) is 0.467. The number of hydrogen-bond acceptors (Lipinski definition) is 4. The van der Waals surface area contributed by atoms with Gasteiger partial charge in [-0.2, -0.15) is 0 Å². The summed E-state index contributed by atoms with van der Waals surface area (Å²) in [6, 6.07) is 5.45. The topological polar surface area (TPSA) is 86.9 Å². The molecule has 0 aromatic heterocycles. The van der Waals surface area contributed by atoms with Crippen LogP contribution in [0.4, 0.5) is 5.69 Å². The average Bonchev–Trinajstić information content (AvgIpc) is 2.47. The van der Waals surface area contributed by atoms with Crippen LogP contribution in [0.2, 0.25) is 0 Å². The van der Waals surface area contributed by atoms with Crippen LogP contribution in [-0.2, 0) is 4.79 Å². The fourth-order valence-corrected chi connectivity index (χ4v) is 2.45. The van der Waals surface area contributed by atoms with Crippen molar-refractivity contribution in [3.63, 3.8) is 0 Å². The maximum atomic E-state index is 12.5. The summed E-state index contributed by atoms with van der Waals surface area (Å²) in [5, 5.41) is 8.68. The van der Waals surface area contributed by atoms with E-state index in [4.69, 9.17) is 10.8 Å². The highest BCUT2D eigenvalue weighted by atomic mass is 16.4. The van der Waals surface area contributed by atoms with Crippen LogP contribution < -0.4 is 5.73 Å². The number of nitrogen functional groups attached to an aromatic ring is 1. The number of nitrogens with zero attached hydrogens (tertiary/aromatic N) is 2. The summed E-state index contributed by atoms with van der Waals surface area (Å²) in [6.45, 7) is 5.07. The van der Waals surface area contributed by atoms with Crippen molar-refractivity contribution in [2.24, 2.45) is 0 Å². The molecule has 6 heteroatoms. The van der Waals surface area contributed by atoms with E-state index in [-0.39, 0.29) is 12.3 Å². The van der Waals surface area contributed by atoms with Gasteiger partial charge in [0.05, 0.1) is 12.0 Å². The molecule has 1 aromatic rings. The highest BCUT2D eigenvalue weighted by Gasteiger charge is 2.23. The summed E-state index contributed by atoms with van der Waals surface area (Å²) >= 11 is 0. The van der Waals surface area contributed by atoms with Crippen molar-refractivity contribution < 1.29 is 14.7 Å². The first-order chi connectivity index (χ1) is 9.97. The van der Waals surface area contributed by atoms with Gasteiger partial charge in [0.1, 0.15) is 0 Å². The van der Waals surface area contributed by atoms with Gasteiger partial charge in [0, 0.05) is 38.4 Å². The van der Waals surface area contributed by atoms with Gasteiger partial charge in [0.2, 0.25) is 0 Å². The summed E-state index contributed by atoms with van der Waals surface area (Å²) in [5.74, 6) is -0.838. The Bertz CT molecular complexity index is 537. The lowest BCUT2D eigenvalue weighted by Gasteiger charge is -2.34. The maximum absolute atomic E-state index is 12.5. The Morgan fingerprint density at radius 2 is 1.90 bits per heavy atom. The van der Waals surface area contributed by atoms with Crippen LogP contribution in [0.1, 0.15) is 22.3 Å².